The van der Waals surface area contributed by atoms with Crippen molar-refractivity contribution in [1.82, 2.24) is 10.2 Å². The third kappa shape index (κ3) is 3.43. The predicted molar refractivity (Wildman–Crippen MR) is 66.3 cm³/mol. The molecule has 5 heteroatoms. The third-order valence-electron chi connectivity index (χ3n) is 3.32. The molecule has 17 heavy (non-hydrogen) atoms. The van der Waals surface area contributed by atoms with Crippen LogP contribution in [0.15, 0.2) is 0 Å². The molecule has 0 bridgehead atoms. The number of nitrogens with zero attached hydrogens (tertiary/aromatic N) is 1. The molecule has 3 N–H and O–H groups in total. The van der Waals surface area contributed by atoms with Crippen LogP contribution in [0.2, 0.25) is 0 Å². The second-order valence-electron chi connectivity index (χ2n) is 5.33. The maximum atomic E-state index is 12.5. The van der Waals surface area contributed by atoms with Crippen LogP contribution in [0.25, 0.3) is 0 Å². The van der Waals surface area contributed by atoms with Gasteiger partial charge in [0.2, 0.25) is 11.8 Å². The lowest BCUT2D eigenvalue weighted by Gasteiger charge is -2.38. The number of carbonyl (C=O) groups is 2. The molecule has 1 saturated heterocycles. The summed E-state index contributed by atoms with van der Waals surface area (Å²) in [6.45, 7) is 7.40. The van der Waals surface area contributed by atoms with Crippen LogP contribution in [-0.2, 0) is 9.59 Å². The van der Waals surface area contributed by atoms with E-state index in [0.717, 1.165) is 19.4 Å². The topological polar surface area (TPSA) is 75.4 Å². The Morgan fingerprint density at radius 2 is 2.12 bits per heavy atom. The van der Waals surface area contributed by atoms with Crippen molar-refractivity contribution in [1.29, 1.82) is 0 Å². The molecular weight excluding hydrogens is 218 g/mol. The molecule has 5 nitrogen and oxygen atoms in total. The van der Waals surface area contributed by atoms with Crippen LogP contribution in [0.1, 0.15) is 33.6 Å². The molecule has 1 aliphatic heterocycles. The fourth-order valence-corrected chi connectivity index (χ4v) is 2.24. The number of primary amides is 1. The number of nitrogens with one attached hydrogen (secondary N) is 1. The highest BCUT2D eigenvalue weighted by Gasteiger charge is 2.38. The Morgan fingerprint density at radius 3 is 2.53 bits per heavy atom. The maximum absolute atomic E-state index is 12.5. The van der Waals surface area contributed by atoms with Crippen molar-refractivity contribution in [2.45, 2.75) is 39.7 Å². The van der Waals surface area contributed by atoms with Gasteiger partial charge in [-0.3, -0.25) is 9.59 Å². The van der Waals surface area contributed by atoms with Crippen LogP contribution >= 0.6 is 0 Å². The zero-order valence-electron chi connectivity index (χ0n) is 11.0. The molecule has 1 heterocycles. The van der Waals surface area contributed by atoms with Crippen LogP contribution < -0.4 is 11.1 Å². The predicted octanol–water partition coefficient (Wildman–Crippen LogP) is 0.0984. The smallest absolute Gasteiger partial charge is 0.237 e. The van der Waals surface area contributed by atoms with Crippen molar-refractivity contribution in [3.05, 3.63) is 0 Å². The van der Waals surface area contributed by atoms with Gasteiger partial charge in [0, 0.05) is 12.6 Å². The highest BCUT2D eigenvalue weighted by molar-refractivity contribution is 5.87. The van der Waals surface area contributed by atoms with E-state index in [1.807, 2.05) is 20.8 Å². The van der Waals surface area contributed by atoms with Crippen LogP contribution in [-0.4, -0.2) is 42.4 Å². The summed E-state index contributed by atoms with van der Waals surface area (Å²) in [5.74, 6) is -0.432. The first-order chi connectivity index (χ1) is 7.87. The van der Waals surface area contributed by atoms with Crippen LogP contribution in [0.4, 0.5) is 0 Å². The molecule has 0 aliphatic carbocycles. The largest absolute Gasteiger partial charge is 0.368 e. The SMILES string of the molecule is CC(C)N(CC(N)=O)C(=O)C1(C)CCCNC1. The van der Waals surface area contributed by atoms with Gasteiger partial charge in [0.25, 0.3) is 0 Å². The molecule has 1 aliphatic rings. The summed E-state index contributed by atoms with van der Waals surface area (Å²) in [6, 6.07) is -0.00579. The summed E-state index contributed by atoms with van der Waals surface area (Å²) in [5, 5.41) is 3.24. The highest BCUT2D eigenvalue weighted by Crippen LogP contribution is 2.28. The number of nitrogens with two attached hydrogens (primary N) is 1. The Hall–Kier alpha value is -1.10. The van der Waals surface area contributed by atoms with E-state index in [2.05, 4.69) is 5.32 Å². The first kappa shape index (κ1) is 14.0. The molecule has 0 saturated carbocycles. The highest BCUT2D eigenvalue weighted by atomic mass is 16.2. The van der Waals surface area contributed by atoms with Gasteiger partial charge in [0.1, 0.15) is 0 Å². The minimum absolute atomic E-state index is 0.00579. The molecule has 0 aromatic carbocycles. The average molecular weight is 241 g/mol. The van der Waals surface area contributed by atoms with Crippen molar-refractivity contribution >= 4 is 11.8 Å². The van der Waals surface area contributed by atoms with Gasteiger partial charge >= 0.3 is 0 Å². The minimum Gasteiger partial charge on any atom is -0.368 e. The van der Waals surface area contributed by atoms with E-state index < -0.39 is 11.3 Å². The van der Waals surface area contributed by atoms with E-state index >= 15 is 0 Å². The zero-order valence-corrected chi connectivity index (χ0v) is 11.0. The number of hydrogen-bond donors (Lipinski definition) is 2. The second-order valence-corrected chi connectivity index (χ2v) is 5.33. The molecule has 1 atom stereocenters. The van der Waals surface area contributed by atoms with E-state index in [1.54, 1.807) is 4.90 Å². The van der Waals surface area contributed by atoms with Crippen molar-refractivity contribution in [3.8, 4) is 0 Å². The van der Waals surface area contributed by atoms with E-state index in [9.17, 15) is 9.59 Å². The standard InChI is InChI=1S/C12H23N3O2/c1-9(2)15(7-10(13)16)11(17)12(3)5-4-6-14-8-12/h9,14H,4-8H2,1-3H3,(H2,13,16). The van der Waals surface area contributed by atoms with Gasteiger partial charge in [-0.2, -0.15) is 0 Å². The Kier molecular flexibility index (Phi) is 4.51. The van der Waals surface area contributed by atoms with Gasteiger partial charge in [-0.05, 0) is 40.2 Å². The molecule has 98 valence electrons. The summed E-state index contributed by atoms with van der Waals surface area (Å²) in [7, 11) is 0. The van der Waals surface area contributed by atoms with E-state index in [0.29, 0.717) is 6.54 Å². The molecule has 0 radical (unpaired) electrons. The summed E-state index contributed by atoms with van der Waals surface area (Å²) < 4.78 is 0. The summed E-state index contributed by atoms with van der Waals surface area (Å²) in [6.07, 6.45) is 1.85. The van der Waals surface area contributed by atoms with Crippen LogP contribution in [0, 0.1) is 5.41 Å². The lowest BCUT2D eigenvalue weighted by molar-refractivity contribution is -0.146. The van der Waals surface area contributed by atoms with Crippen molar-refractivity contribution < 1.29 is 9.59 Å². The molecule has 2 amide bonds. The van der Waals surface area contributed by atoms with Crippen molar-refractivity contribution in [3.63, 3.8) is 0 Å². The number of carbonyl (C=O) groups excluding carboxylic acids is 2. The van der Waals surface area contributed by atoms with Crippen molar-refractivity contribution in [2.24, 2.45) is 11.1 Å². The Morgan fingerprint density at radius 1 is 1.47 bits per heavy atom. The van der Waals surface area contributed by atoms with Crippen LogP contribution in [0.5, 0.6) is 0 Å². The summed E-state index contributed by atoms with van der Waals surface area (Å²) >= 11 is 0. The zero-order chi connectivity index (χ0) is 13.1. The van der Waals surface area contributed by atoms with E-state index in [4.69, 9.17) is 5.73 Å². The Bertz CT molecular complexity index is 296. The quantitative estimate of drug-likeness (QED) is 0.733. The lowest BCUT2D eigenvalue weighted by Crippen LogP contribution is -2.54. The maximum Gasteiger partial charge on any atom is 0.237 e. The van der Waals surface area contributed by atoms with Crippen molar-refractivity contribution in [2.75, 3.05) is 19.6 Å². The fraction of sp³-hybridized carbons (Fsp3) is 0.833. The van der Waals surface area contributed by atoms with Gasteiger partial charge in [-0.1, -0.05) is 0 Å². The number of amides is 2. The lowest BCUT2D eigenvalue weighted by atomic mass is 9.81. The number of rotatable bonds is 4. The fourth-order valence-electron chi connectivity index (χ4n) is 2.24. The Balaban J connectivity index is 2.79. The summed E-state index contributed by atoms with van der Waals surface area (Å²) in [4.78, 5) is 25.1. The first-order valence-corrected chi connectivity index (χ1v) is 6.17. The monoisotopic (exact) mass is 241 g/mol. The minimum atomic E-state index is -0.459. The van der Waals surface area contributed by atoms with Crippen LogP contribution in [0.3, 0.4) is 0 Å². The van der Waals surface area contributed by atoms with Gasteiger partial charge in [0.15, 0.2) is 0 Å². The number of hydrogen-bond acceptors (Lipinski definition) is 3. The molecule has 0 aromatic rings. The molecule has 0 aromatic heterocycles. The molecule has 1 fully saturated rings. The normalized spacial score (nSPS) is 24.7. The Labute approximate surface area is 103 Å². The molecular formula is C12H23N3O2. The van der Waals surface area contributed by atoms with E-state index in [-0.39, 0.29) is 18.5 Å². The first-order valence-electron chi connectivity index (χ1n) is 6.17. The number of piperidine rings is 1. The van der Waals surface area contributed by atoms with Gasteiger partial charge in [-0.15, -0.1) is 0 Å². The van der Waals surface area contributed by atoms with E-state index in [1.165, 1.54) is 0 Å². The van der Waals surface area contributed by atoms with Gasteiger partial charge < -0.3 is 16.0 Å². The summed E-state index contributed by atoms with van der Waals surface area (Å²) in [5.41, 5.74) is 4.79. The molecule has 1 rings (SSSR count). The molecule has 1 unspecified atom stereocenters. The third-order valence-corrected chi connectivity index (χ3v) is 3.32. The van der Waals surface area contributed by atoms with Gasteiger partial charge in [0.05, 0.1) is 12.0 Å². The van der Waals surface area contributed by atoms with Gasteiger partial charge in [-0.25, -0.2) is 0 Å². The average Bonchev–Trinajstić information content (AvgIpc) is 2.25. The molecule has 0 spiro atoms. The second kappa shape index (κ2) is 5.49.